The second kappa shape index (κ2) is 7.79. The van der Waals surface area contributed by atoms with Crippen LogP contribution in [-0.4, -0.2) is 15.1 Å². The number of fused-ring (bicyclic) bond motifs is 1. The summed E-state index contributed by atoms with van der Waals surface area (Å²) in [7, 11) is 0. The van der Waals surface area contributed by atoms with Crippen LogP contribution < -0.4 is 5.32 Å². The first-order valence-corrected chi connectivity index (χ1v) is 10.2. The number of benzene rings is 2. The van der Waals surface area contributed by atoms with Crippen molar-refractivity contribution in [1.82, 2.24) is 9.97 Å². The number of nitrogens with one attached hydrogen (secondary N) is 1. The van der Waals surface area contributed by atoms with Crippen molar-refractivity contribution in [2.45, 2.75) is 39.2 Å². The predicted octanol–water partition coefficient (Wildman–Crippen LogP) is 6.14. The molecule has 0 saturated heterocycles. The molecule has 4 rings (SSSR count). The zero-order valence-corrected chi connectivity index (χ0v) is 17.8. The molecule has 0 unspecified atom stereocenters. The van der Waals surface area contributed by atoms with Crippen LogP contribution in [0.25, 0.3) is 10.9 Å². The molecule has 0 aliphatic rings. The van der Waals surface area contributed by atoms with Gasteiger partial charge in [0.1, 0.15) is 17.1 Å². The number of aromatic hydroxyl groups is 1. The summed E-state index contributed by atoms with van der Waals surface area (Å²) in [4.78, 5) is 9.00. The Morgan fingerprint density at radius 1 is 0.900 bits per heavy atom. The van der Waals surface area contributed by atoms with E-state index in [1.54, 1.807) is 6.20 Å². The van der Waals surface area contributed by atoms with Crippen LogP contribution in [0, 0.1) is 6.92 Å². The Kier molecular flexibility index (Phi) is 5.17. The number of phenolic OH excluding ortho intramolecular Hbond substituents is 1. The van der Waals surface area contributed by atoms with E-state index in [0.717, 1.165) is 28.0 Å². The van der Waals surface area contributed by atoms with Crippen molar-refractivity contribution < 1.29 is 5.11 Å². The number of hydrogen-bond donors (Lipinski definition) is 2. The molecule has 0 bridgehead atoms. The lowest BCUT2D eigenvalue weighted by Gasteiger charge is -2.24. The minimum atomic E-state index is -0.263. The molecule has 1 atom stereocenters. The molecular weight excluding hydrogens is 370 g/mol. The Balaban J connectivity index is 1.83. The largest absolute Gasteiger partial charge is 0.505 e. The molecule has 0 fully saturated rings. The first kappa shape index (κ1) is 19.9. The summed E-state index contributed by atoms with van der Waals surface area (Å²) < 4.78 is 0. The molecule has 152 valence electrons. The van der Waals surface area contributed by atoms with Crippen molar-refractivity contribution in [2.75, 3.05) is 5.32 Å². The quantitative estimate of drug-likeness (QED) is 0.434. The van der Waals surface area contributed by atoms with Gasteiger partial charge in [0.15, 0.2) is 0 Å². The lowest BCUT2D eigenvalue weighted by Crippen LogP contribution is -2.15. The Bertz CT molecular complexity index is 1160. The van der Waals surface area contributed by atoms with E-state index < -0.39 is 0 Å². The Morgan fingerprint density at radius 2 is 1.63 bits per heavy atom. The zero-order valence-electron chi connectivity index (χ0n) is 17.8. The van der Waals surface area contributed by atoms with Crippen molar-refractivity contribution in [2.24, 2.45) is 0 Å². The normalized spacial score (nSPS) is 12.7. The lowest BCUT2D eigenvalue weighted by molar-refractivity contribution is 0.471. The van der Waals surface area contributed by atoms with Gasteiger partial charge < -0.3 is 10.4 Å². The van der Waals surface area contributed by atoms with Gasteiger partial charge in [0.05, 0.1) is 6.04 Å². The molecule has 0 amide bonds. The molecule has 2 N–H and O–H groups in total. The van der Waals surface area contributed by atoms with Crippen LogP contribution >= 0.6 is 0 Å². The number of phenols is 1. The van der Waals surface area contributed by atoms with E-state index in [4.69, 9.17) is 0 Å². The number of aromatic nitrogens is 2. The third-order valence-corrected chi connectivity index (χ3v) is 5.38. The van der Waals surface area contributed by atoms with E-state index >= 15 is 0 Å². The maximum Gasteiger partial charge on any atom is 0.147 e. The van der Waals surface area contributed by atoms with Crippen LogP contribution in [0.4, 0.5) is 5.82 Å². The molecular formula is C26H27N3O. The van der Waals surface area contributed by atoms with Crippen molar-refractivity contribution in [3.05, 3.63) is 95.3 Å². The van der Waals surface area contributed by atoms with Gasteiger partial charge in [-0.1, -0.05) is 69.3 Å². The highest BCUT2D eigenvalue weighted by atomic mass is 16.3. The van der Waals surface area contributed by atoms with Crippen LogP contribution in [0.15, 0.2) is 72.9 Å². The molecule has 30 heavy (non-hydrogen) atoms. The van der Waals surface area contributed by atoms with Gasteiger partial charge in [0, 0.05) is 22.8 Å². The summed E-state index contributed by atoms with van der Waals surface area (Å²) in [5.74, 6) is 0.948. The molecule has 2 aromatic carbocycles. The minimum absolute atomic E-state index is 0.0783. The summed E-state index contributed by atoms with van der Waals surface area (Å²) in [6.07, 6.45) is 1.76. The van der Waals surface area contributed by atoms with Crippen molar-refractivity contribution >= 4 is 16.7 Å². The third-order valence-electron chi connectivity index (χ3n) is 5.38. The van der Waals surface area contributed by atoms with Crippen LogP contribution in [0.1, 0.15) is 49.2 Å². The molecule has 0 radical (unpaired) electrons. The second-order valence-electron chi connectivity index (χ2n) is 8.69. The highest BCUT2D eigenvalue weighted by Crippen LogP contribution is 2.37. The maximum atomic E-state index is 11.1. The number of pyridine rings is 2. The highest BCUT2D eigenvalue weighted by molar-refractivity contribution is 5.86. The highest BCUT2D eigenvalue weighted by Gasteiger charge is 2.21. The van der Waals surface area contributed by atoms with Gasteiger partial charge in [-0.25, -0.2) is 9.97 Å². The van der Waals surface area contributed by atoms with E-state index in [0.29, 0.717) is 5.52 Å². The summed E-state index contributed by atoms with van der Waals surface area (Å²) in [6, 6.07) is 22.0. The van der Waals surface area contributed by atoms with Crippen LogP contribution in [0.3, 0.4) is 0 Å². The molecule has 4 heteroatoms. The average Bonchev–Trinajstić information content (AvgIpc) is 2.73. The first-order chi connectivity index (χ1) is 14.3. The third kappa shape index (κ3) is 3.99. The monoisotopic (exact) mass is 397 g/mol. The van der Waals surface area contributed by atoms with E-state index in [1.807, 2.05) is 49.4 Å². The number of nitrogens with zero attached hydrogens (tertiary/aromatic N) is 2. The zero-order chi connectivity index (χ0) is 21.3. The molecule has 0 aliphatic carbocycles. The van der Waals surface area contributed by atoms with Gasteiger partial charge in [-0.3, -0.25) is 0 Å². The number of anilines is 1. The van der Waals surface area contributed by atoms with Crippen molar-refractivity contribution in [1.29, 1.82) is 0 Å². The lowest BCUT2D eigenvalue weighted by atomic mass is 9.85. The van der Waals surface area contributed by atoms with E-state index in [-0.39, 0.29) is 17.2 Å². The smallest absolute Gasteiger partial charge is 0.147 e. The standard InChI is InChI=1S/C26H27N3O/c1-17-8-9-19-12-15-21(25(30)24(19)28-17)23(29-22-7-5-6-16-27-22)18-10-13-20(14-11-18)26(2,3)4/h5-16,23,30H,1-4H3,(H,27,29)/t23-/m1/s1. The summed E-state index contributed by atoms with van der Waals surface area (Å²) in [5, 5.41) is 15.6. The Morgan fingerprint density at radius 3 is 2.30 bits per heavy atom. The fourth-order valence-electron chi connectivity index (χ4n) is 3.63. The van der Waals surface area contributed by atoms with E-state index in [1.165, 1.54) is 5.56 Å². The Labute approximate surface area is 177 Å². The maximum absolute atomic E-state index is 11.1. The van der Waals surface area contributed by atoms with Gasteiger partial charge >= 0.3 is 0 Å². The molecule has 0 aliphatic heterocycles. The van der Waals surface area contributed by atoms with Crippen LogP contribution in [-0.2, 0) is 5.41 Å². The van der Waals surface area contributed by atoms with Gasteiger partial charge in [-0.05, 0) is 41.7 Å². The average molecular weight is 398 g/mol. The van der Waals surface area contributed by atoms with Gasteiger partial charge in [0.2, 0.25) is 0 Å². The van der Waals surface area contributed by atoms with E-state index in [9.17, 15) is 5.11 Å². The molecule has 0 spiro atoms. The molecule has 2 aromatic heterocycles. The number of aryl methyl sites for hydroxylation is 1. The Hall–Kier alpha value is -3.40. The molecule has 4 nitrogen and oxygen atoms in total. The SMILES string of the molecule is Cc1ccc2ccc([C@H](Nc3ccccn3)c3ccc(C(C)(C)C)cc3)c(O)c2n1. The minimum Gasteiger partial charge on any atom is -0.505 e. The predicted molar refractivity (Wildman–Crippen MR) is 123 cm³/mol. The first-order valence-electron chi connectivity index (χ1n) is 10.2. The topological polar surface area (TPSA) is 58.0 Å². The number of hydrogen-bond acceptors (Lipinski definition) is 4. The second-order valence-corrected chi connectivity index (χ2v) is 8.69. The fourth-order valence-corrected chi connectivity index (χ4v) is 3.63. The summed E-state index contributed by atoms with van der Waals surface area (Å²) in [5.41, 5.74) is 4.66. The summed E-state index contributed by atoms with van der Waals surface area (Å²) in [6.45, 7) is 8.54. The van der Waals surface area contributed by atoms with Crippen molar-refractivity contribution in [3.63, 3.8) is 0 Å². The number of rotatable bonds is 4. The molecule has 0 saturated carbocycles. The van der Waals surface area contributed by atoms with Crippen molar-refractivity contribution in [3.8, 4) is 5.75 Å². The van der Waals surface area contributed by atoms with Gasteiger partial charge in [0.25, 0.3) is 0 Å². The fraction of sp³-hybridized carbons (Fsp3) is 0.231. The van der Waals surface area contributed by atoms with Crippen LogP contribution in [0.2, 0.25) is 0 Å². The van der Waals surface area contributed by atoms with Gasteiger partial charge in [-0.15, -0.1) is 0 Å². The molecule has 4 aromatic rings. The summed E-state index contributed by atoms with van der Waals surface area (Å²) >= 11 is 0. The molecule has 2 heterocycles. The van der Waals surface area contributed by atoms with E-state index in [2.05, 4.69) is 60.3 Å². The van der Waals surface area contributed by atoms with Crippen LogP contribution in [0.5, 0.6) is 5.75 Å². The van der Waals surface area contributed by atoms with Gasteiger partial charge in [-0.2, -0.15) is 0 Å².